The van der Waals surface area contributed by atoms with E-state index in [1.54, 1.807) is 0 Å². The molecule has 0 spiro atoms. The van der Waals surface area contributed by atoms with Crippen LogP contribution >= 0.6 is 24.0 Å². The maximum Gasteiger partial charge on any atom is 0.193 e. The van der Waals surface area contributed by atoms with Crippen molar-refractivity contribution >= 4 is 35.6 Å². The van der Waals surface area contributed by atoms with Crippen molar-refractivity contribution in [1.29, 1.82) is 0 Å². The predicted octanol–water partition coefficient (Wildman–Crippen LogP) is 3.85. The normalized spacial score (nSPS) is 11.9. The first-order valence-electron chi connectivity index (χ1n) is 7.79. The van der Waals surface area contributed by atoms with Crippen molar-refractivity contribution in [2.45, 2.75) is 53.1 Å². The molecule has 4 nitrogen and oxygen atoms in total. The average molecular weight is 418 g/mol. The Morgan fingerprint density at radius 1 is 1.14 bits per heavy atom. The molecule has 0 aliphatic rings. The second-order valence-electron chi connectivity index (χ2n) is 6.04. The molecule has 1 rings (SSSR count). The van der Waals surface area contributed by atoms with Gasteiger partial charge in [0, 0.05) is 30.9 Å². The summed E-state index contributed by atoms with van der Waals surface area (Å²) in [5.74, 6) is 0.486. The van der Waals surface area contributed by atoms with Gasteiger partial charge in [-0.2, -0.15) is 0 Å². The Labute approximate surface area is 152 Å². The van der Waals surface area contributed by atoms with Crippen molar-refractivity contribution in [2.24, 2.45) is 10.7 Å². The van der Waals surface area contributed by atoms with Crippen molar-refractivity contribution in [3.63, 3.8) is 0 Å². The van der Waals surface area contributed by atoms with Gasteiger partial charge in [-0.1, -0.05) is 17.7 Å². The summed E-state index contributed by atoms with van der Waals surface area (Å²) >= 11 is 0. The van der Waals surface area contributed by atoms with Crippen molar-refractivity contribution in [2.75, 3.05) is 18.4 Å². The van der Waals surface area contributed by atoms with Crippen LogP contribution in [0.15, 0.2) is 29.3 Å². The predicted molar refractivity (Wildman–Crippen MR) is 108 cm³/mol. The lowest BCUT2D eigenvalue weighted by atomic mass is 10.2. The van der Waals surface area contributed by atoms with Gasteiger partial charge in [-0.05, 0) is 53.2 Å². The summed E-state index contributed by atoms with van der Waals surface area (Å²) in [6.45, 7) is 12.8. The van der Waals surface area contributed by atoms with Gasteiger partial charge in [0.1, 0.15) is 0 Å². The van der Waals surface area contributed by atoms with Crippen LogP contribution < -0.4 is 11.1 Å². The number of nitrogens with one attached hydrogen (secondary N) is 1. The smallest absolute Gasteiger partial charge is 0.193 e. The zero-order valence-corrected chi connectivity index (χ0v) is 16.8. The molecule has 1 aromatic carbocycles. The van der Waals surface area contributed by atoms with Crippen molar-refractivity contribution in [3.05, 3.63) is 29.8 Å². The summed E-state index contributed by atoms with van der Waals surface area (Å²) in [5, 5.41) is 3.12. The van der Waals surface area contributed by atoms with Crippen molar-refractivity contribution in [3.8, 4) is 0 Å². The highest BCUT2D eigenvalue weighted by Crippen LogP contribution is 2.08. The van der Waals surface area contributed by atoms with Crippen molar-refractivity contribution < 1.29 is 0 Å². The van der Waals surface area contributed by atoms with E-state index in [1.165, 1.54) is 5.56 Å². The van der Waals surface area contributed by atoms with Crippen LogP contribution in [0.3, 0.4) is 0 Å². The van der Waals surface area contributed by atoms with E-state index in [-0.39, 0.29) is 24.0 Å². The Hall–Kier alpha value is -0.820. The van der Waals surface area contributed by atoms with Crippen LogP contribution in [0.1, 0.15) is 39.7 Å². The number of halogens is 1. The Balaban J connectivity index is 0.00000441. The van der Waals surface area contributed by atoms with E-state index in [1.807, 2.05) is 12.1 Å². The number of hydrogen-bond donors (Lipinski definition) is 2. The Bertz CT molecular complexity index is 432. The lowest BCUT2D eigenvalue weighted by molar-refractivity contribution is 0.174. The fraction of sp³-hybridized carbons (Fsp3) is 0.588. The molecule has 0 aliphatic carbocycles. The van der Waals surface area contributed by atoms with Crippen LogP contribution in [0.5, 0.6) is 0 Å². The standard InChI is InChI=1S/C17H30N4.HI/c1-13(2)21(14(3)4)12-6-11-19-17(18)20-16-9-7-15(5)8-10-16;/h7-10,13-14H,6,11-12H2,1-5H3,(H3,18,19,20);1H. The molecule has 0 bridgehead atoms. The molecule has 0 heterocycles. The number of hydrogen-bond acceptors (Lipinski definition) is 2. The third kappa shape index (κ3) is 7.98. The monoisotopic (exact) mass is 418 g/mol. The molecular formula is C17H31IN4. The molecule has 0 saturated heterocycles. The van der Waals surface area contributed by atoms with E-state index >= 15 is 0 Å². The molecule has 3 N–H and O–H groups in total. The van der Waals surface area contributed by atoms with E-state index in [0.29, 0.717) is 18.0 Å². The van der Waals surface area contributed by atoms with Crippen LogP contribution in [0.2, 0.25) is 0 Å². The molecule has 0 unspecified atom stereocenters. The van der Waals surface area contributed by atoms with Crippen LogP contribution in [-0.4, -0.2) is 36.0 Å². The van der Waals surface area contributed by atoms with Crippen molar-refractivity contribution in [1.82, 2.24) is 4.90 Å². The second kappa shape index (κ2) is 10.8. The maximum atomic E-state index is 5.91. The SMILES string of the molecule is Cc1ccc(NC(N)=NCCCN(C(C)C)C(C)C)cc1.I. The van der Waals surface area contributed by atoms with Gasteiger partial charge in [0.05, 0.1) is 0 Å². The first-order chi connectivity index (χ1) is 9.90. The third-order valence-corrected chi connectivity index (χ3v) is 3.51. The molecule has 0 fully saturated rings. The molecule has 126 valence electrons. The summed E-state index contributed by atoms with van der Waals surface area (Å²) in [4.78, 5) is 6.86. The molecule has 0 amide bonds. The summed E-state index contributed by atoms with van der Waals surface area (Å²) < 4.78 is 0. The minimum Gasteiger partial charge on any atom is -0.370 e. The highest BCUT2D eigenvalue weighted by atomic mass is 127. The second-order valence-corrected chi connectivity index (χ2v) is 6.04. The fourth-order valence-electron chi connectivity index (χ4n) is 2.39. The summed E-state index contributed by atoms with van der Waals surface area (Å²) in [6, 6.07) is 9.26. The largest absolute Gasteiger partial charge is 0.370 e. The number of nitrogens with two attached hydrogens (primary N) is 1. The van der Waals surface area contributed by atoms with Crippen LogP contribution in [0, 0.1) is 6.92 Å². The topological polar surface area (TPSA) is 53.6 Å². The number of anilines is 1. The molecule has 0 aromatic heterocycles. The Morgan fingerprint density at radius 2 is 1.68 bits per heavy atom. The summed E-state index contributed by atoms with van der Waals surface area (Å²) in [6.07, 6.45) is 1.02. The fourth-order valence-corrected chi connectivity index (χ4v) is 2.39. The first kappa shape index (κ1) is 21.2. The van der Waals surface area contributed by atoms with E-state index in [9.17, 15) is 0 Å². The van der Waals surface area contributed by atoms with Gasteiger partial charge in [0.15, 0.2) is 5.96 Å². The molecule has 22 heavy (non-hydrogen) atoms. The number of aryl methyl sites for hydroxylation is 1. The lowest BCUT2D eigenvalue weighted by Crippen LogP contribution is -2.38. The van der Waals surface area contributed by atoms with Gasteiger partial charge in [-0.15, -0.1) is 24.0 Å². The number of rotatable bonds is 7. The highest BCUT2D eigenvalue weighted by molar-refractivity contribution is 14.0. The highest BCUT2D eigenvalue weighted by Gasteiger charge is 2.11. The van der Waals surface area contributed by atoms with Gasteiger partial charge in [0.2, 0.25) is 0 Å². The number of guanidine groups is 1. The minimum absolute atomic E-state index is 0. The molecule has 0 radical (unpaired) electrons. The number of aliphatic imine (C=N–C) groups is 1. The average Bonchev–Trinajstić information content (AvgIpc) is 2.40. The molecule has 0 aliphatic heterocycles. The number of nitrogens with zero attached hydrogens (tertiary/aromatic N) is 2. The molecule has 1 aromatic rings. The molecule has 0 atom stereocenters. The minimum atomic E-state index is 0. The number of benzene rings is 1. The van der Waals surface area contributed by atoms with Gasteiger partial charge < -0.3 is 11.1 Å². The molecule has 0 saturated carbocycles. The van der Waals surface area contributed by atoms with Gasteiger partial charge >= 0.3 is 0 Å². The van der Waals surface area contributed by atoms with Gasteiger partial charge in [0.25, 0.3) is 0 Å². The van der Waals surface area contributed by atoms with Crippen LogP contribution in [-0.2, 0) is 0 Å². The van der Waals surface area contributed by atoms with E-state index < -0.39 is 0 Å². The lowest BCUT2D eigenvalue weighted by Gasteiger charge is -2.30. The van der Waals surface area contributed by atoms with Gasteiger partial charge in [-0.3, -0.25) is 9.89 Å². The van der Waals surface area contributed by atoms with E-state index in [4.69, 9.17) is 5.73 Å². The Morgan fingerprint density at radius 3 is 2.18 bits per heavy atom. The zero-order chi connectivity index (χ0) is 15.8. The van der Waals surface area contributed by atoms with E-state index in [2.05, 4.69) is 62.0 Å². The molecule has 5 heteroatoms. The zero-order valence-electron chi connectivity index (χ0n) is 14.5. The molecular weight excluding hydrogens is 387 g/mol. The Kier molecular flexibility index (Phi) is 10.4. The van der Waals surface area contributed by atoms with Gasteiger partial charge in [-0.25, -0.2) is 0 Å². The summed E-state index contributed by atoms with van der Waals surface area (Å²) in [5.41, 5.74) is 8.12. The third-order valence-electron chi connectivity index (χ3n) is 3.51. The van der Waals surface area contributed by atoms with Crippen LogP contribution in [0.4, 0.5) is 5.69 Å². The quantitative estimate of drug-likeness (QED) is 0.306. The van der Waals surface area contributed by atoms with E-state index in [0.717, 1.165) is 25.2 Å². The maximum absolute atomic E-state index is 5.91. The van der Waals surface area contributed by atoms with Crippen LogP contribution in [0.25, 0.3) is 0 Å². The first-order valence-corrected chi connectivity index (χ1v) is 7.79. The summed E-state index contributed by atoms with van der Waals surface area (Å²) in [7, 11) is 0.